The van der Waals surface area contributed by atoms with Gasteiger partial charge in [0.15, 0.2) is 0 Å². The summed E-state index contributed by atoms with van der Waals surface area (Å²) in [5, 5.41) is 4.37. The molecule has 3 fully saturated rings. The Kier molecular flexibility index (Phi) is 5.54. The molecule has 0 aliphatic carbocycles. The fourth-order valence-corrected chi connectivity index (χ4v) is 4.34. The molecule has 3 aliphatic rings. The van der Waals surface area contributed by atoms with Crippen LogP contribution in [-0.2, 0) is 16.0 Å². The maximum atomic E-state index is 13.0. The zero-order valence-electron chi connectivity index (χ0n) is 16.7. The SMILES string of the molecule is CCn1nc(C)cc1C(=O)N1C[C@@H]2OC(=O)N(CCCN3CCOCC3)[C@@H]2C1. The summed E-state index contributed by atoms with van der Waals surface area (Å²) < 4.78 is 12.7. The Balaban J connectivity index is 1.35. The van der Waals surface area contributed by atoms with E-state index in [0.29, 0.717) is 31.9 Å². The number of hydrogen-bond acceptors (Lipinski definition) is 6. The molecule has 0 spiro atoms. The molecule has 9 nitrogen and oxygen atoms in total. The minimum atomic E-state index is -0.251. The summed E-state index contributed by atoms with van der Waals surface area (Å²) in [5.41, 5.74) is 1.44. The molecule has 3 aliphatic heterocycles. The van der Waals surface area contributed by atoms with E-state index in [1.807, 2.05) is 19.9 Å². The summed E-state index contributed by atoms with van der Waals surface area (Å²) in [6.45, 7) is 10.5. The van der Waals surface area contributed by atoms with E-state index in [9.17, 15) is 9.59 Å². The van der Waals surface area contributed by atoms with Gasteiger partial charge in [-0.1, -0.05) is 0 Å². The van der Waals surface area contributed by atoms with E-state index < -0.39 is 0 Å². The van der Waals surface area contributed by atoms with Gasteiger partial charge in [0, 0.05) is 39.3 Å². The van der Waals surface area contributed by atoms with Crippen LogP contribution in [0, 0.1) is 6.92 Å². The summed E-state index contributed by atoms with van der Waals surface area (Å²) >= 11 is 0. The summed E-state index contributed by atoms with van der Waals surface area (Å²) in [4.78, 5) is 31.2. The second-order valence-electron chi connectivity index (χ2n) is 7.69. The molecule has 2 atom stereocenters. The zero-order chi connectivity index (χ0) is 19.7. The number of rotatable bonds is 6. The van der Waals surface area contributed by atoms with Gasteiger partial charge in [-0.3, -0.25) is 19.3 Å². The fourth-order valence-electron chi connectivity index (χ4n) is 4.34. The molecule has 28 heavy (non-hydrogen) atoms. The molecule has 0 saturated carbocycles. The molecule has 1 aromatic heterocycles. The fraction of sp³-hybridized carbons (Fsp3) is 0.737. The van der Waals surface area contributed by atoms with Gasteiger partial charge in [-0.2, -0.15) is 5.10 Å². The van der Waals surface area contributed by atoms with E-state index in [1.54, 1.807) is 14.5 Å². The zero-order valence-corrected chi connectivity index (χ0v) is 16.7. The van der Waals surface area contributed by atoms with Crippen molar-refractivity contribution in [1.29, 1.82) is 0 Å². The Bertz CT molecular complexity index is 730. The lowest BCUT2D eigenvalue weighted by atomic mass is 10.2. The Hall–Kier alpha value is -2.13. The third-order valence-electron chi connectivity index (χ3n) is 5.81. The number of aromatic nitrogens is 2. The first kappa shape index (κ1) is 19.2. The molecule has 2 amide bonds. The lowest BCUT2D eigenvalue weighted by Crippen LogP contribution is -2.42. The predicted molar refractivity (Wildman–Crippen MR) is 101 cm³/mol. The predicted octanol–water partition coefficient (Wildman–Crippen LogP) is 0.579. The maximum Gasteiger partial charge on any atom is 0.410 e. The lowest BCUT2D eigenvalue weighted by Gasteiger charge is -2.28. The number of hydrogen-bond donors (Lipinski definition) is 0. The van der Waals surface area contributed by atoms with Crippen LogP contribution in [0.4, 0.5) is 4.79 Å². The summed E-state index contributed by atoms with van der Waals surface area (Å²) in [6.07, 6.45) is 0.408. The lowest BCUT2D eigenvalue weighted by molar-refractivity contribution is 0.0362. The second kappa shape index (κ2) is 8.08. The van der Waals surface area contributed by atoms with Crippen molar-refractivity contribution >= 4 is 12.0 Å². The van der Waals surface area contributed by atoms with Gasteiger partial charge in [0.2, 0.25) is 0 Å². The van der Waals surface area contributed by atoms with E-state index in [-0.39, 0.29) is 24.1 Å². The highest BCUT2D eigenvalue weighted by molar-refractivity contribution is 5.93. The van der Waals surface area contributed by atoms with Crippen molar-refractivity contribution in [3.05, 3.63) is 17.5 Å². The molecule has 0 unspecified atom stereocenters. The Morgan fingerprint density at radius 1 is 1.25 bits per heavy atom. The first-order chi connectivity index (χ1) is 13.6. The molecular formula is C19H29N5O4. The minimum Gasteiger partial charge on any atom is -0.442 e. The largest absolute Gasteiger partial charge is 0.442 e. The van der Waals surface area contributed by atoms with E-state index in [1.165, 1.54) is 0 Å². The van der Waals surface area contributed by atoms with Gasteiger partial charge in [-0.15, -0.1) is 0 Å². The van der Waals surface area contributed by atoms with Gasteiger partial charge in [-0.25, -0.2) is 4.79 Å². The first-order valence-corrected chi connectivity index (χ1v) is 10.2. The molecule has 0 N–H and O–H groups in total. The normalized spacial score (nSPS) is 25.3. The molecule has 154 valence electrons. The summed E-state index contributed by atoms with van der Waals surface area (Å²) in [5.74, 6) is -0.0406. The number of amides is 2. The highest BCUT2D eigenvalue weighted by atomic mass is 16.6. The first-order valence-electron chi connectivity index (χ1n) is 10.2. The molecule has 9 heteroatoms. The monoisotopic (exact) mass is 391 g/mol. The molecule has 1 aromatic rings. The van der Waals surface area contributed by atoms with Gasteiger partial charge in [-0.05, 0) is 26.3 Å². The van der Waals surface area contributed by atoms with Crippen LogP contribution < -0.4 is 0 Å². The Morgan fingerprint density at radius 3 is 2.79 bits per heavy atom. The van der Waals surface area contributed by atoms with Crippen LogP contribution in [0.5, 0.6) is 0 Å². The van der Waals surface area contributed by atoms with Crippen LogP contribution in [0.25, 0.3) is 0 Å². The number of carbonyl (C=O) groups excluding carboxylic acids is 2. The van der Waals surface area contributed by atoms with Crippen LogP contribution in [0.3, 0.4) is 0 Å². The number of aryl methyl sites for hydroxylation is 2. The van der Waals surface area contributed by atoms with Gasteiger partial charge < -0.3 is 14.4 Å². The smallest absolute Gasteiger partial charge is 0.410 e. The maximum absolute atomic E-state index is 13.0. The van der Waals surface area contributed by atoms with Crippen molar-refractivity contribution < 1.29 is 19.1 Å². The van der Waals surface area contributed by atoms with E-state index in [0.717, 1.165) is 45.0 Å². The van der Waals surface area contributed by atoms with Crippen LogP contribution in [0.1, 0.15) is 29.5 Å². The minimum absolute atomic E-state index is 0.0406. The number of ether oxygens (including phenoxy) is 2. The van der Waals surface area contributed by atoms with Crippen molar-refractivity contribution in [3.8, 4) is 0 Å². The molecular weight excluding hydrogens is 362 g/mol. The highest BCUT2D eigenvalue weighted by Gasteiger charge is 2.48. The van der Waals surface area contributed by atoms with E-state index in [2.05, 4.69) is 10.00 Å². The topological polar surface area (TPSA) is 80.1 Å². The number of morpholine rings is 1. The number of carbonyl (C=O) groups is 2. The average Bonchev–Trinajstić information content (AvgIpc) is 3.35. The van der Waals surface area contributed by atoms with Crippen molar-refractivity contribution in [2.24, 2.45) is 0 Å². The molecule has 0 aromatic carbocycles. The molecule has 4 heterocycles. The van der Waals surface area contributed by atoms with Crippen LogP contribution in [0.15, 0.2) is 6.07 Å². The molecule has 4 rings (SSSR count). The number of fused-ring (bicyclic) bond motifs is 1. The van der Waals surface area contributed by atoms with Gasteiger partial charge >= 0.3 is 6.09 Å². The van der Waals surface area contributed by atoms with E-state index in [4.69, 9.17) is 9.47 Å². The van der Waals surface area contributed by atoms with Crippen LogP contribution >= 0.6 is 0 Å². The highest BCUT2D eigenvalue weighted by Crippen LogP contribution is 2.28. The third-order valence-corrected chi connectivity index (χ3v) is 5.81. The van der Waals surface area contributed by atoms with E-state index >= 15 is 0 Å². The molecule has 3 saturated heterocycles. The Morgan fingerprint density at radius 2 is 2.04 bits per heavy atom. The molecule has 0 bridgehead atoms. The number of likely N-dealkylation sites (tertiary alicyclic amines) is 1. The third kappa shape index (κ3) is 3.73. The standard InChI is InChI=1S/C19H29N5O4/c1-3-24-15(11-14(2)20-24)18(25)22-12-16-17(13-22)28-19(26)23(16)6-4-5-21-7-9-27-10-8-21/h11,16-17H,3-10,12-13H2,1-2H3/t16-,17+/m1/s1. The van der Waals surface area contributed by atoms with Gasteiger partial charge in [0.05, 0.1) is 31.5 Å². The number of nitrogens with zero attached hydrogens (tertiary/aromatic N) is 5. The van der Waals surface area contributed by atoms with Crippen molar-refractivity contribution in [1.82, 2.24) is 24.5 Å². The average molecular weight is 391 g/mol. The van der Waals surface area contributed by atoms with Crippen LogP contribution in [-0.4, -0.2) is 101 Å². The summed E-state index contributed by atoms with van der Waals surface area (Å²) in [7, 11) is 0. The second-order valence-corrected chi connectivity index (χ2v) is 7.69. The van der Waals surface area contributed by atoms with Gasteiger partial charge in [0.1, 0.15) is 11.8 Å². The summed E-state index contributed by atoms with van der Waals surface area (Å²) in [6, 6.07) is 1.77. The van der Waals surface area contributed by atoms with Crippen molar-refractivity contribution in [3.63, 3.8) is 0 Å². The van der Waals surface area contributed by atoms with Crippen molar-refractivity contribution in [2.75, 3.05) is 52.5 Å². The van der Waals surface area contributed by atoms with Crippen LogP contribution in [0.2, 0.25) is 0 Å². The van der Waals surface area contributed by atoms with Gasteiger partial charge in [0.25, 0.3) is 5.91 Å². The van der Waals surface area contributed by atoms with Crippen molar-refractivity contribution in [2.45, 2.75) is 39.0 Å². The quantitative estimate of drug-likeness (QED) is 0.706. The Labute approximate surface area is 165 Å². The molecule has 0 radical (unpaired) electrons.